The maximum Gasteiger partial charge on any atom is 0.256 e. The number of hydrogen-bond donors (Lipinski definition) is 2. The van der Waals surface area contributed by atoms with Crippen LogP contribution >= 0.6 is 0 Å². The van der Waals surface area contributed by atoms with Crippen LogP contribution in [0.25, 0.3) is 10.8 Å². The average Bonchev–Trinajstić information content (AvgIpc) is 2.74. The van der Waals surface area contributed by atoms with Crippen molar-refractivity contribution in [1.82, 2.24) is 15.2 Å². The van der Waals surface area contributed by atoms with Crippen LogP contribution in [0.1, 0.15) is 23.2 Å². The lowest BCUT2D eigenvalue weighted by molar-refractivity contribution is -0.132. The molecule has 2 aromatic carbocycles. The summed E-state index contributed by atoms with van der Waals surface area (Å²) in [7, 11) is 0. The van der Waals surface area contributed by atoms with Crippen LogP contribution in [-0.4, -0.2) is 35.4 Å². The topological polar surface area (TPSA) is 65.2 Å². The van der Waals surface area contributed by atoms with E-state index in [1.54, 1.807) is 12.1 Å². The number of hydrogen-bond acceptors (Lipinski definition) is 3. The zero-order chi connectivity index (χ0) is 20.2. The number of nitrogens with zero attached hydrogens (tertiary/aromatic N) is 1. The third kappa shape index (κ3) is 4.22. The van der Waals surface area contributed by atoms with Crippen LogP contribution in [0.15, 0.2) is 53.3 Å². The Morgan fingerprint density at radius 2 is 1.83 bits per heavy atom. The summed E-state index contributed by atoms with van der Waals surface area (Å²) in [6.45, 7) is 2.31. The molecule has 0 saturated heterocycles. The maximum atomic E-state index is 13.6. The van der Waals surface area contributed by atoms with Crippen LogP contribution < -0.4 is 10.9 Å². The van der Waals surface area contributed by atoms with E-state index in [1.807, 2.05) is 35.2 Å². The van der Waals surface area contributed by atoms with Crippen molar-refractivity contribution >= 4 is 16.7 Å². The van der Waals surface area contributed by atoms with Gasteiger partial charge in [0.1, 0.15) is 5.82 Å². The van der Waals surface area contributed by atoms with Crippen LogP contribution in [0.4, 0.5) is 4.39 Å². The number of aromatic amines is 1. The molecule has 6 heteroatoms. The SMILES string of the molecule is O=C(CCNCCc1ccccc1F)N1CCc2[nH]c(=O)c3ccccc3c2C1. The predicted molar refractivity (Wildman–Crippen MR) is 111 cm³/mol. The fraction of sp³-hybridized carbons (Fsp3) is 0.304. The highest BCUT2D eigenvalue weighted by molar-refractivity contribution is 5.86. The van der Waals surface area contributed by atoms with Crippen molar-refractivity contribution < 1.29 is 9.18 Å². The third-order valence-corrected chi connectivity index (χ3v) is 5.50. The lowest BCUT2D eigenvalue weighted by Crippen LogP contribution is -2.38. The predicted octanol–water partition coefficient (Wildman–Crippen LogP) is 2.77. The first-order valence-corrected chi connectivity index (χ1v) is 9.98. The fourth-order valence-corrected chi connectivity index (χ4v) is 3.91. The summed E-state index contributed by atoms with van der Waals surface area (Å²) in [5.74, 6) is -0.105. The molecular weight excluding hydrogens is 369 g/mol. The molecule has 0 spiro atoms. The minimum atomic E-state index is -0.192. The fourth-order valence-electron chi connectivity index (χ4n) is 3.91. The zero-order valence-corrected chi connectivity index (χ0v) is 16.2. The van der Waals surface area contributed by atoms with Gasteiger partial charge in [0, 0.05) is 43.6 Å². The van der Waals surface area contributed by atoms with Crippen LogP contribution in [-0.2, 0) is 24.2 Å². The number of aromatic nitrogens is 1. The molecule has 1 aromatic heterocycles. The van der Waals surface area contributed by atoms with Gasteiger partial charge < -0.3 is 15.2 Å². The number of fused-ring (bicyclic) bond motifs is 3. The summed E-state index contributed by atoms with van der Waals surface area (Å²) in [5, 5.41) is 4.81. The van der Waals surface area contributed by atoms with E-state index in [1.165, 1.54) is 6.07 Å². The summed E-state index contributed by atoms with van der Waals surface area (Å²) in [6.07, 6.45) is 1.65. The van der Waals surface area contributed by atoms with Gasteiger partial charge in [-0.05, 0) is 41.6 Å². The van der Waals surface area contributed by atoms with Crippen LogP contribution in [0.2, 0.25) is 0 Å². The molecular formula is C23H24FN3O2. The van der Waals surface area contributed by atoms with Gasteiger partial charge >= 0.3 is 0 Å². The Morgan fingerprint density at radius 1 is 1.07 bits per heavy atom. The number of amides is 1. The molecule has 0 saturated carbocycles. The van der Waals surface area contributed by atoms with Gasteiger partial charge in [0.05, 0.1) is 0 Å². The Hall–Kier alpha value is -2.99. The smallest absolute Gasteiger partial charge is 0.256 e. The van der Waals surface area contributed by atoms with E-state index in [2.05, 4.69) is 10.3 Å². The first-order chi connectivity index (χ1) is 14.1. The monoisotopic (exact) mass is 393 g/mol. The number of nitrogens with one attached hydrogen (secondary N) is 2. The van der Waals surface area contributed by atoms with Crippen molar-refractivity contribution in [3.63, 3.8) is 0 Å². The molecule has 29 heavy (non-hydrogen) atoms. The van der Waals surface area contributed by atoms with Crippen molar-refractivity contribution in [2.45, 2.75) is 25.8 Å². The second kappa shape index (κ2) is 8.57. The van der Waals surface area contributed by atoms with Gasteiger partial charge in [-0.2, -0.15) is 0 Å². The standard InChI is InChI=1S/C23H24FN3O2/c24-20-8-4-1-5-16(20)9-12-25-13-10-22(28)27-14-11-21-19(15-27)17-6-2-3-7-18(17)23(29)26-21/h1-8,25H,9-15H2,(H,26,29). The molecule has 1 aliphatic heterocycles. The Morgan fingerprint density at radius 3 is 2.66 bits per heavy atom. The zero-order valence-electron chi connectivity index (χ0n) is 16.2. The Bertz CT molecular complexity index is 1090. The Balaban J connectivity index is 1.32. The average molecular weight is 393 g/mol. The second-order valence-electron chi connectivity index (χ2n) is 7.36. The Labute approximate surface area is 168 Å². The van der Waals surface area contributed by atoms with Gasteiger partial charge in [0.25, 0.3) is 5.56 Å². The molecule has 150 valence electrons. The Kier molecular flexibility index (Phi) is 5.71. The van der Waals surface area contributed by atoms with Crippen LogP contribution in [0.3, 0.4) is 0 Å². The summed E-state index contributed by atoms with van der Waals surface area (Å²) in [6, 6.07) is 14.3. The molecule has 1 aliphatic rings. The van der Waals surface area contributed by atoms with Crippen molar-refractivity contribution in [3.8, 4) is 0 Å². The molecule has 0 unspecified atom stereocenters. The first-order valence-electron chi connectivity index (χ1n) is 9.98. The highest BCUT2D eigenvalue weighted by Crippen LogP contribution is 2.24. The maximum absolute atomic E-state index is 13.6. The highest BCUT2D eigenvalue weighted by atomic mass is 19.1. The highest BCUT2D eigenvalue weighted by Gasteiger charge is 2.23. The van der Waals surface area contributed by atoms with Gasteiger partial charge in [-0.3, -0.25) is 9.59 Å². The van der Waals surface area contributed by atoms with Crippen LogP contribution in [0, 0.1) is 5.82 Å². The lowest BCUT2D eigenvalue weighted by atomic mass is 9.98. The van der Waals surface area contributed by atoms with Crippen molar-refractivity contribution in [1.29, 1.82) is 0 Å². The third-order valence-electron chi connectivity index (χ3n) is 5.50. The van der Waals surface area contributed by atoms with Gasteiger partial charge in [0.2, 0.25) is 5.91 Å². The summed E-state index contributed by atoms with van der Waals surface area (Å²) < 4.78 is 13.6. The summed E-state index contributed by atoms with van der Waals surface area (Å²) >= 11 is 0. The number of halogens is 1. The van der Waals surface area contributed by atoms with Gasteiger partial charge in [0.15, 0.2) is 0 Å². The molecule has 3 aromatic rings. The largest absolute Gasteiger partial charge is 0.338 e. The minimum Gasteiger partial charge on any atom is -0.338 e. The molecule has 4 rings (SSSR count). The van der Waals surface area contributed by atoms with E-state index >= 15 is 0 Å². The van der Waals surface area contributed by atoms with Crippen molar-refractivity contribution in [2.24, 2.45) is 0 Å². The molecule has 0 radical (unpaired) electrons. The number of carbonyl (C=O) groups is 1. The number of carbonyl (C=O) groups excluding carboxylic acids is 1. The second-order valence-corrected chi connectivity index (χ2v) is 7.36. The molecule has 0 atom stereocenters. The summed E-state index contributed by atoms with van der Waals surface area (Å²) in [5.41, 5.74) is 2.58. The number of pyridine rings is 1. The van der Waals surface area contributed by atoms with E-state index in [0.717, 1.165) is 16.6 Å². The van der Waals surface area contributed by atoms with Crippen molar-refractivity contribution in [2.75, 3.05) is 19.6 Å². The summed E-state index contributed by atoms with van der Waals surface area (Å²) in [4.78, 5) is 29.7. The normalized spacial score (nSPS) is 13.5. The van der Waals surface area contributed by atoms with Gasteiger partial charge in [-0.25, -0.2) is 4.39 Å². The van der Waals surface area contributed by atoms with Crippen molar-refractivity contribution in [3.05, 3.63) is 81.5 Å². The molecule has 2 heterocycles. The van der Waals surface area contributed by atoms with E-state index < -0.39 is 0 Å². The minimum absolute atomic E-state index is 0.0711. The number of rotatable bonds is 6. The van der Waals surface area contributed by atoms with Gasteiger partial charge in [-0.1, -0.05) is 36.4 Å². The molecule has 0 fully saturated rings. The molecule has 0 aliphatic carbocycles. The lowest BCUT2D eigenvalue weighted by Gasteiger charge is -2.29. The number of benzene rings is 2. The van der Waals surface area contributed by atoms with E-state index in [4.69, 9.17) is 0 Å². The molecule has 5 nitrogen and oxygen atoms in total. The van der Waals surface area contributed by atoms with Crippen LogP contribution in [0.5, 0.6) is 0 Å². The first kappa shape index (κ1) is 19.3. The van der Waals surface area contributed by atoms with E-state index in [9.17, 15) is 14.0 Å². The molecule has 2 N–H and O–H groups in total. The van der Waals surface area contributed by atoms with E-state index in [0.29, 0.717) is 56.4 Å². The van der Waals surface area contributed by atoms with E-state index in [-0.39, 0.29) is 17.3 Å². The van der Waals surface area contributed by atoms with Gasteiger partial charge in [-0.15, -0.1) is 0 Å². The molecule has 0 bridgehead atoms. The number of H-pyrrole nitrogens is 1. The molecule has 1 amide bonds. The quantitative estimate of drug-likeness (QED) is 0.633.